The van der Waals surface area contributed by atoms with Crippen LogP contribution in [0.15, 0.2) is 35.5 Å². The van der Waals surface area contributed by atoms with Crippen molar-refractivity contribution >= 4 is 17.3 Å². The van der Waals surface area contributed by atoms with Crippen LogP contribution in [0.4, 0.5) is 0 Å². The summed E-state index contributed by atoms with van der Waals surface area (Å²) in [6.07, 6.45) is 4.02. The van der Waals surface area contributed by atoms with Gasteiger partial charge in [-0.25, -0.2) is 4.98 Å². The van der Waals surface area contributed by atoms with Gasteiger partial charge in [-0.05, 0) is 24.5 Å². The molecule has 0 saturated heterocycles. The van der Waals surface area contributed by atoms with Crippen LogP contribution in [0.25, 0.3) is 0 Å². The van der Waals surface area contributed by atoms with Gasteiger partial charge >= 0.3 is 0 Å². The fourth-order valence-corrected chi connectivity index (χ4v) is 3.89. The van der Waals surface area contributed by atoms with Crippen molar-refractivity contribution < 1.29 is 0 Å². The van der Waals surface area contributed by atoms with E-state index in [1.54, 1.807) is 11.3 Å². The standard InChI is InChI=1S/C19H27N5S/c1-15-13-23-18(25-15)7-9-21-19(20-2)22-10-12-24-11-8-16-5-3-4-6-17(16)14-24/h3-6,13H,7-12,14H2,1-2H3,(H2,20,21,22). The largest absolute Gasteiger partial charge is 0.356 e. The van der Waals surface area contributed by atoms with E-state index in [4.69, 9.17) is 0 Å². The number of guanidine groups is 1. The fraction of sp³-hybridized carbons (Fsp3) is 0.474. The quantitative estimate of drug-likeness (QED) is 0.615. The Morgan fingerprint density at radius 1 is 1.24 bits per heavy atom. The zero-order valence-electron chi connectivity index (χ0n) is 15.1. The predicted octanol–water partition coefficient (Wildman–Crippen LogP) is 2.22. The highest BCUT2D eigenvalue weighted by Crippen LogP contribution is 2.17. The van der Waals surface area contributed by atoms with E-state index >= 15 is 0 Å². The number of fused-ring (bicyclic) bond motifs is 1. The van der Waals surface area contributed by atoms with Gasteiger partial charge in [0.05, 0.1) is 5.01 Å². The molecule has 134 valence electrons. The molecule has 2 aromatic rings. The molecule has 2 N–H and O–H groups in total. The van der Waals surface area contributed by atoms with Gasteiger partial charge in [-0.2, -0.15) is 0 Å². The molecule has 3 rings (SSSR count). The number of benzene rings is 1. The van der Waals surface area contributed by atoms with Crippen molar-refractivity contribution in [1.82, 2.24) is 20.5 Å². The van der Waals surface area contributed by atoms with E-state index in [0.717, 1.165) is 51.5 Å². The van der Waals surface area contributed by atoms with Crippen molar-refractivity contribution in [1.29, 1.82) is 0 Å². The molecule has 1 aromatic heterocycles. The summed E-state index contributed by atoms with van der Waals surface area (Å²) in [4.78, 5) is 12.5. The second-order valence-corrected chi connectivity index (χ2v) is 7.65. The van der Waals surface area contributed by atoms with Gasteiger partial charge in [-0.15, -0.1) is 11.3 Å². The Morgan fingerprint density at radius 3 is 2.80 bits per heavy atom. The molecule has 0 saturated carbocycles. The van der Waals surface area contributed by atoms with Crippen LogP contribution in [0.3, 0.4) is 0 Å². The van der Waals surface area contributed by atoms with Crippen molar-refractivity contribution in [2.45, 2.75) is 26.3 Å². The smallest absolute Gasteiger partial charge is 0.191 e. The molecule has 0 fully saturated rings. The van der Waals surface area contributed by atoms with Crippen molar-refractivity contribution in [2.75, 3.05) is 33.2 Å². The van der Waals surface area contributed by atoms with E-state index < -0.39 is 0 Å². The zero-order valence-corrected chi connectivity index (χ0v) is 15.9. The Balaban J connectivity index is 1.36. The van der Waals surface area contributed by atoms with E-state index in [1.165, 1.54) is 21.0 Å². The second-order valence-electron chi connectivity index (χ2n) is 6.34. The number of nitrogens with zero attached hydrogens (tertiary/aromatic N) is 3. The number of thiazole rings is 1. The first-order valence-electron chi connectivity index (χ1n) is 8.89. The normalized spacial score (nSPS) is 15.0. The van der Waals surface area contributed by atoms with E-state index in [-0.39, 0.29) is 0 Å². The number of aromatic nitrogens is 1. The molecule has 25 heavy (non-hydrogen) atoms. The van der Waals surface area contributed by atoms with Crippen LogP contribution >= 0.6 is 11.3 Å². The van der Waals surface area contributed by atoms with Gasteiger partial charge in [-0.3, -0.25) is 9.89 Å². The summed E-state index contributed by atoms with van der Waals surface area (Å²) in [6, 6.07) is 8.77. The maximum Gasteiger partial charge on any atom is 0.191 e. The summed E-state index contributed by atoms with van der Waals surface area (Å²) >= 11 is 1.76. The summed E-state index contributed by atoms with van der Waals surface area (Å²) < 4.78 is 0. The monoisotopic (exact) mass is 357 g/mol. The van der Waals surface area contributed by atoms with Gasteiger partial charge in [0.15, 0.2) is 5.96 Å². The molecule has 0 amide bonds. The molecule has 0 unspecified atom stereocenters. The molecule has 6 heteroatoms. The molecule has 1 aliphatic rings. The van der Waals surface area contributed by atoms with E-state index in [0.29, 0.717) is 0 Å². The van der Waals surface area contributed by atoms with Gasteiger partial charge < -0.3 is 10.6 Å². The highest BCUT2D eigenvalue weighted by atomic mass is 32.1. The third-order valence-electron chi connectivity index (χ3n) is 4.45. The number of rotatable bonds is 6. The van der Waals surface area contributed by atoms with Gasteiger partial charge in [0.2, 0.25) is 0 Å². The molecule has 0 aliphatic carbocycles. The molecule has 0 atom stereocenters. The molecule has 0 bridgehead atoms. The average molecular weight is 358 g/mol. The van der Waals surface area contributed by atoms with Crippen LogP contribution in [0.5, 0.6) is 0 Å². The second kappa shape index (κ2) is 8.97. The SMILES string of the molecule is CN=C(NCCc1ncc(C)s1)NCCN1CCc2ccccc2C1. The lowest BCUT2D eigenvalue weighted by Crippen LogP contribution is -2.43. The topological polar surface area (TPSA) is 52.6 Å². The lowest BCUT2D eigenvalue weighted by Gasteiger charge is -2.28. The van der Waals surface area contributed by atoms with Crippen LogP contribution in [0.1, 0.15) is 21.0 Å². The minimum atomic E-state index is 0.851. The molecule has 0 spiro atoms. The molecular formula is C19H27N5S. The van der Waals surface area contributed by atoms with Gasteiger partial charge in [0, 0.05) is 57.3 Å². The van der Waals surface area contributed by atoms with Crippen LogP contribution in [0, 0.1) is 6.92 Å². The lowest BCUT2D eigenvalue weighted by molar-refractivity contribution is 0.258. The van der Waals surface area contributed by atoms with Gasteiger partial charge in [0.25, 0.3) is 0 Å². The Labute approximate surface area is 154 Å². The first-order valence-corrected chi connectivity index (χ1v) is 9.71. The molecular weight excluding hydrogens is 330 g/mol. The van der Waals surface area contributed by atoms with E-state index in [1.807, 2.05) is 13.2 Å². The summed E-state index contributed by atoms with van der Waals surface area (Å²) in [6.45, 7) is 7.05. The summed E-state index contributed by atoms with van der Waals surface area (Å²) in [5.74, 6) is 0.866. The molecule has 2 heterocycles. The number of aryl methyl sites for hydroxylation is 1. The third-order valence-corrected chi connectivity index (χ3v) is 5.43. The van der Waals surface area contributed by atoms with Crippen molar-refractivity contribution in [3.63, 3.8) is 0 Å². The van der Waals surface area contributed by atoms with Crippen molar-refractivity contribution in [2.24, 2.45) is 4.99 Å². The summed E-state index contributed by atoms with van der Waals surface area (Å²) in [5, 5.41) is 7.95. The Morgan fingerprint density at radius 2 is 2.04 bits per heavy atom. The highest BCUT2D eigenvalue weighted by molar-refractivity contribution is 7.11. The van der Waals surface area contributed by atoms with Gasteiger partial charge in [-0.1, -0.05) is 24.3 Å². The Bertz CT molecular complexity index is 709. The third kappa shape index (κ3) is 5.28. The fourth-order valence-electron chi connectivity index (χ4n) is 3.10. The average Bonchev–Trinajstić information content (AvgIpc) is 3.05. The van der Waals surface area contributed by atoms with Crippen LogP contribution in [-0.4, -0.2) is 49.1 Å². The molecule has 0 radical (unpaired) electrons. The van der Waals surface area contributed by atoms with Crippen molar-refractivity contribution in [3.8, 4) is 0 Å². The van der Waals surface area contributed by atoms with E-state index in [9.17, 15) is 0 Å². The molecule has 1 aromatic carbocycles. The highest BCUT2D eigenvalue weighted by Gasteiger charge is 2.15. The number of aliphatic imine (C=N–C) groups is 1. The van der Waals surface area contributed by atoms with Crippen LogP contribution in [-0.2, 0) is 19.4 Å². The first kappa shape index (κ1) is 17.9. The minimum absolute atomic E-state index is 0.851. The van der Waals surface area contributed by atoms with Crippen LogP contribution < -0.4 is 10.6 Å². The summed E-state index contributed by atoms with van der Waals surface area (Å²) in [5.41, 5.74) is 2.97. The van der Waals surface area contributed by atoms with E-state index in [2.05, 4.69) is 56.7 Å². The maximum absolute atomic E-state index is 4.39. The van der Waals surface area contributed by atoms with Gasteiger partial charge in [0.1, 0.15) is 0 Å². The predicted molar refractivity (Wildman–Crippen MR) is 105 cm³/mol. The number of hydrogen-bond acceptors (Lipinski definition) is 4. The number of nitrogens with one attached hydrogen (secondary N) is 2. The minimum Gasteiger partial charge on any atom is -0.356 e. The number of hydrogen-bond donors (Lipinski definition) is 2. The van der Waals surface area contributed by atoms with Crippen LogP contribution in [0.2, 0.25) is 0 Å². The molecule has 1 aliphatic heterocycles. The Hall–Kier alpha value is -1.92. The van der Waals surface area contributed by atoms with Crippen molar-refractivity contribution in [3.05, 3.63) is 51.5 Å². The zero-order chi connectivity index (χ0) is 17.5. The molecule has 5 nitrogen and oxygen atoms in total. The maximum atomic E-state index is 4.39. The summed E-state index contributed by atoms with van der Waals surface area (Å²) in [7, 11) is 1.82. The lowest BCUT2D eigenvalue weighted by atomic mass is 10.00. The first-order chi connectivity index (χ1) is 12.2. The Kier molecular flexibility index (Phi) is 6.42.